The number of hydrogen-bond acceptors (Lipinski definition) is 4. The van der Waals surface area contributed by atoms with Crippen molar-refractivity contribution >= 4 is 22.8 Å². The summed E-state index contributed by atoms with van der Waals surface area (Å²) in [5.41, 5.74) is 2.89. The molecule has 2 aromatic rings. The number of hydrogen-bond donors (Lipinski definition) is 0. The van der Waals surface area contributed by atoms with Gasteiger partial charge in [0.05, 0.1) is 38.2 Å². The van der Waals surface area contributed by atoms with Crippen molar-refractivity contribution in [3.8, 4) is 0 Å². The van der Waals surface area contributed by atoms with E-state index in [9.17, 15) is 14.0 Å². The van der Waals surface area contributed by atoms with Crippen LogP contribution in [0.15, 0.2) is 47.5 Å². The fourth-order valence-electron chi connectivity index (χ4n) is 3.96. The van der Waals surface area contributed by atoms with Gasteiger partial charge in [0.25, 0.3) is 5.92 Å². The van der Waals surface area contributed by atoms with Crippen LogP contribution in [0.2, 0.25) is 0 Å². The number of halogens is 2. The second kappa shape index (κ2) is 9.42. The van der Waals surface area contributed by atoms with Gasteiger partial charge in [-0.2, -0.15) is 8.78 Å². The van der Waals surface area contributed by atoms with E-state index >= 15 is 0 Å². The number of hydroxylamine groups is 2. The Labute approximate surface area is 183 Å². The minimum absolute atomic E-state index is 0.308. The molecule has 1 aliphatic heterocycles. The zero-order valence-electron chi connectivity index (χ0n) is 18.7. The maximum atomic E-state index is 14.7. The van der Waals surface area contributed by atoms with Crippen molar-refractivity contribution in [3.63, 3.8) is 0 Å². The third kappa shape index (κ3) is 5.47. The van der Waals surface area contributed by atoms with Crippen molar-refractivity contribution in [2.24, 2.45) is 4.99 Å². The molecule has 1 fully saturated rings. The Morgan fingerprint density at radius 2 is 1.81 bits per heavy atom. The molecule has 31 heavy (non-hydrogen) atoms. The van der Waals surface area contributed by atoms with E-state index in [0.29, 0.717) is 49.8 Å². The van der Waals surface area contributed by atoms with Gasteiger partial charge in [-0.25, -0.2) is 4.99 Å². The summed E-state index contributed by atoms with van der Waals surface area (Å²) in [4.78, 5) is 6.60. The molecular formula is C24H31F2N3O2. The predicted molar refractivity (Wildman–Crippen MR) is 124 cm³/mol. The number of aryl methyl sites for hydroxylation is 1. The minimum atomic E-state index is -3.15. The van der Waals surface area contributed by atoms with Crippen molar-refractivity contribution in [2.45, 2.75) is 33.1 Å². The van der Waals surface area contributed by atoms with Crippen LogP contribution < -0.4 is 9.55 Å². The molecule has 2 aromatic carbocycles. The van der Waals surface area contributed by atoms with Crippen LogP contribution in [0.1, 0.15) is 31.4 Å². The summed E-state index contributed by atoms with van der Waals surface area (Å²) >= 11 is 0. The predicted octanol–water partition coefficient (Wildman–Crippen LogP) is 5.45. The maximum absolute atomic E-state index is 14.7. The molecule has 0 aromatic heterocycles. The molecule has 1 aliphatic rings. The quantitative estimate of drug-likeness (QED) is 0.333. The Morgan fingerprint density at radius 3 is 2.39 bits per heavy atom. The van der Waals surface area contributed by atoms with Crippen LogP contribution in [0.25, 0.3) is 0 Å². The highest BCUT2D eigenvalue weighted by atomic mass is 19.3. The molecule has 1 saturated heterocycles. The van der Waals surface area contributed by atoms with E-state index in [4.69, 9.17) is 4.74 Å². The molecule has 1 atom stereocenters. The Kier molecular flexibility index (Phi) is 7.09. The summed E-state index contributed by atoms with van der Waals surface area (Å²) in [7, 11) is 1.57. The third-order valence-corrected chi connectivity index (χ3v) is 5.53. The maximum Gasteiger partial charge on any atom is 0.287 e. The highest BCUT2D eigenvalue weighted by molar-refractivity contribution is 6.07. The molecule has 0 N–H and O–H groups in total. The van der Waals surface area contributed by atoms with Crippen LogP contribution >= 0.6 is 0 Å². The number of nitrogens with zero attached hydrogens (tertiary/aromatic N) is 3. The number of rotatable bonds is 7. The van der Waals surface area contributed by atoms with Crippen LogP contribution in [0.3, 0.4) is 0 Å². The molecule has 0 aliphatic carbocycles. The van der Waals surface area contributed by atoms with E-state index < -0.39 is 10.6 Å². The first-order valence-corrected chi connectivity index (χ1v) is 10.7. The number of morpholine rings is 1. The van der Waals surface area contributed by atoms with Crippen molar-refractivity contribution < 1.29 is 13.5 Å². The summed E-state index contributed by atoms with van der Waals surface area (Å²) in [5.74, 6) is -3.15. The lowest BCUT2D eigenvalue weighted by molar-refractivity contribution is 0.101. The number of para-hydroxylation sites is 1. The van der Waals surface area contributed by atoms with E-state index in [1.807, 2.05) is 26.0 Å². The SMILES string of the molecule is CCC[N+](C)([O-])c1ccc(C(=Nc2cccc(C)c2N2CCOCC2)C(C)(F)F)cc1. The molecule has 0 radical (unpaired) electrons. The summed E-state index contributed by atoms with van der Waals surface area (Å²) in [6.07, 6.45) is 0.735. The molecule has 5 nitrogen and oxygen atoms in total. The van der Waals surface area contributed by atoms with Crippen LogP contribution in [-0.4, -0.2) is 51.5 Å². The number of aliphatic imine (C=N–C) groups is 1. The van der Waals surface area contributed by atoms with Gasteiger partial charge in [-0.1, -0.05) is 19.1 Å². The Hall–Kier alpha value is -2.35. The lowest BCUT2D eigenvalue weighted by Crippen LogP contribution is -2.38. The number of anilines is 1. The topological polar surface area (TPSA) is 47.9 Å². The molecule has 7 heteroatoms. The first-order valence-electron chi connectivity index (χ1n) is 10.7. The van der Waals surface area contributed by atoms with Crippen molar-refractivity contribution in [3.05, 3.63) is 58.8 Å². The molecule has 1 unspecified atom stereocenters. The lowest BCUT2D eigenvalue weighted by atomic mass is 10.0. The lowest BCUT2D eigenvalue weighted by Gasteiger charge is -2.37. The third-order valence-electron chi connectivity index (χ3n) is 5.53. The van der Waals surface area contributed by atoms with Gasteiger partial charge in [0.2, 0.25) is 0 Å². The van der Waals surface area contributed by atoms with Gasteiger partial charge in [-0.05, 0) is 37.1 Å². The van der Waals surface area contributed by atoms with Gasteiger partial charge in [0.15, 0.2) is 0 Å². The van der Waals surface area contributed by atoms with Gasteiger partial charge in [0.1, 0.15) is 11.4 Å². The van der Waals surface area contributed by atoms with Crippen LogP contribution in [0, 0.1) is 12.1 Å². The average molecular weight is 432 g/mol. The van der Waals surface area contributed by atoms with E-state index in [2.05, 4.69) is 9.89 Å². The Balaban J connectivity index is 2.04. The molecule has 1 heterocycles. The minimum Gasteiger partial charge on any atom is -0.628 e. The first kappa shape index (κ1) is 23.3. The smallest absolute Gasteiger partial charge is 0.287 e. The van der Waals surface area contributed by atoms with Crippen LogP contribution in [0.5, 0.6) is 0 Å². The van der Waals surface area contributed by atoms with E-state index in [-0.39, 0.29) is 5.71 Å². The molecule has 3 rings (SSSR count). The van der Waals surface area contributed by atoms with Crippen molar-refractivity contribution in [1.29, 1.82) is 0 Å². The zero-order valence-corrected chi connectivity index (χ0v) is 18.7. The second-order valence-corrected chi connectivity index (χ2v) is 8.26. The van der Waals surface area contributed by atoms with E-state index in [1.54, 1.807) is 37.4 Å². The number of quaternary nitrogens is 1. The first-order chi connectivity index (χ1) is 14.6. The van der Waals surface area contributed by atoms with Crippen molar-refractivity contribution in [1.82, 2.24) is 4.65 Å². The molecular weight excluding hydrogens is 400 g/mol. The largest absolute Gasteiger partial charge is 0.628 e. The summed E-state index contributed by atoms with van der Waals surface area (Å²) in [6, 6.07) is 11.9. The van der Waals surface area contributed by atoms with Gasteiger partial charge in [-0.3, -0.25) is 0 Å². The molecule has 0 bridgehead atoms. The van der Waals surface area contributed by atoms with Gasteiger partial charge in [-0.15, -0.1) is 0 Å². The fraction of sp³-hybridized carbons (Fsp3) is 0.458. The molecule has 168 valence electrons. The van der Waals surface area contributed by atoms with Crippen LogP contribution in [0.4, 0.5) is 25.8 Å². The zero-order chi connectivity index (χ0) is 22.6. The summed E-state index contributed by atoms with van der Waals surface area (Å²) < 4.78 is 34.2. The highest BCUT2D eigenvalue weighted by Crippen LogP contribution is 2.35. The Bertz CT molecular complexity index is 915. The summed E-state index contributed by atoms with van der Waals surface area (Å²) in [6.45, 7) is 7.77. The van der Waals surface area contributed by atoms with Gasteiger partial charge in [0, 0.05) is 37.7 Å². The van der Waals surface area contributed by atoms with E-state index in [0.717, 1.165) is 24.6 Å². The monoisotopic (exact) mass is 431 g/mol. The van der Waals surface area contributed by atoms with Crippen LogP contribution in [-0.2, 0) is 4.74 Å². The van der Waals surface area contributed by atoms with E-state index in [1.165, 1.54) is 0 Å². The number of alkyl halides is 2. The number of benzene rings is 2. The second-order valence-electron chi connectivity index (χ2n) is 8.26. The van der Waals surface area contributed by atoms with Gasteiger partial charge >= 0.3 is 0 Å². The standard InChI is InChI=1S/C24H31F2N3O2/c1-5-15-29(4,30)20-11-9-19(10-12-20)23(24(3,25)26)27-21-8-6-7-18(2)22(21)28-13-16-31-17-14-28/h6-12H,5,13-17H2,1-4H3. The molecule has 0 amide bonds. The summed E-state index contributed by atoms with van der Waals surface area (Å²) in [5, 5.41) is 12.7. The highest BCUT2D eigenvalue weighted by Gasteiger charge is 2.32. The van der Waals surface area contributed by atoms with Crippen molar-refractivity contribution in [2.75, 3.05) is 44.8 Å². The molecule has 0 spiro atoms. The van der Waals surface area contributed by atoms with Gasteiger partial charge < -0.3 is 19.5 Å². The molecule has 0 saturated carbocycles. The average Bonchev–Trinajstić information content (AvgIpc) is 2.72. The number of ether oxygens (including phenoxy) is 1. The Morgan fingerprint density at radius 1 is 1.16 bits per heavy atom. The normalized spacial score (nSPS) is 17.5. The fourth-order valence-corrected chi connectivity index (χ4v) is 3.96.